The highest BCUT2D eigenvalue weighted by atomic mass is 35.5. The summed E-state index contributed by atoms with van der Waals surface area (Å²) in [4.78, 5) is 26.9. The SMILES string of the molecule is CCCN(CCC)C(=O)C(C)(C)C(=O)Nc1cccc(Cl)c1. The predicted octanol–water partition coefficient (Wildman–Crippen LogP) is 3.95. The standard InChI is InChI=1S/C17H25ClN2O2/c1-5-10-20(11-6-2)16(22)17(3,4)15(21)19-14-9-7-8-13(18)12-14/h7-9,12H,5-6,10-11H2,1-4H3,(H,19,21). The van der Waals surface area contributed by atoms with Gasteiger partial charge in [-0.1, -0.05) is 31.5 Å². The maximum atomic E-state index is 12.7. The predicted molar refractivity (Wildman–Crippen MR) is 91.0 cm³/mol. The number of rotatable bonds is 7. The van der Waals surface area contributed by atoms with Crippen LogP contribution in [0.5, 0.6) is 0 Å². The third kappa shape index (κ3) is 4.73. The monoisotopic (exact) mass is 324 g/mol. The van der Waals surface area contributed by atoms with Gasteiger partial charge in [-0.2, -0.15) is 0 Å². The van der Waals surface area contributed by atoms with E-state index in [-0.39, 0.29) is 11.8 Å². The zero-order chi connectivity index (χ0) is 16.8. The Labute approximate surface area is 137 Å². The number of benzene rings is 1. The van der Waals surface area contributed by atoms with Crippen molar-refractivity contribution in [3.63, 3.8) is 0 Å². The minimum atomic E-state index is -1.12. The second-order valence-electron chi connectivity index (χ2n) is 5.88. The summed E-state index contributed by atoms with van der Waals surface area (Å²) in [6.45, 7) is 8.70. The summed E-state index contributed by atoms with van der Waals surface area (Å²) in [6.07, 6.45) is 1.75. The molecule has 5 heteroatoms. The fourth-order valence-electron chi connectivity index (χ4n) is 2.20. The second-order valence-corrected chi connectivity index (χ2v) is 6.32. The fraction of sp³-hybridized carbons (Fsp3) is 0.529. The van der Waals surface area contributed by atoms with E-state index in [2.05, 4.69) is 5.32 Å². The maximum absolute atomic E-state index is 12.7. The Kier molecular flexibility index (Phi) is 6.88. The zero-order valence-corrected chi connectivity index (χ0v) is 14.5. The van der Waals surface area contributed by atoms with Crippen molar-refractivity contribution in [2.75, 3.05) is 18.4 Å². The van der Waals surface area contributed by atoms with E-state index in [0.717, 1.165) is 12.8 Å². The second kappa shape index (κ2) is 8.18. The van der Waals surface area contributed by atoms with Gasteiger partial charge in [0.25, 0.3) is 0 Å². The van der Waals surface area contributed by atoms with Crippen LogP contribution in [0.25, 0.3) is 0 Å². The van der Waals surface area contributed by atoms with Crippen molar-refractivity contribution in [3.05, 3.63) is 29.3 Å². The number of carbonyl (C=O) groups excluding carboxylic acids is 2. The molecular weight excluding hydrogens is 300 g/mol. The molecule has 0 saturated heterocycles. The summed E-state index contributed by atoms with van der Waals surface area (Å²) in [6, 6.07) is 6.90. The van der Waals surface area contributed by atoms with Gasteiger partial charge in [0.05, 0.1) is 0 Å². The zero-order valence-electron chi connectivity index (χ0n) is 13.8. The molecule has 0 radical (unpaired) electrons. The first-order valence-electron chi connectivity index (χ1n) is 7.69. The molecule has 0 heterocycles. The summed E-state index contributed by atoms with van der Waals surface area (Å²) in [7, 11) is 0. The number of halogens is 1. The molecular formula is C17H25ClN2O2. The molecule has 1 aromatic rings. The van der Waals surface area contributed by atoms with Crippen molar-refractivity contribution in [1.82, 2.24) is 4.90 Å². The molecule has 0 aliphatic heterocycles. The summed E-state index contributed by atoms with van der Waals surface area (Å²) in [5.41, 5.74) is -0.525. The van der Waals surface area contributed by atoms with E-state index in [1.165, 1.54) is 0 Å². The number of nitrogens with zero attached hydrogens (tertiary/aromatic N) is 1. The Morgan fingerprint density at radius 1 is 1.18 bits per heavy atom. The Balaban J connectivity index is 2.86. The molecule has 22 heavy (non-hydrogen) atoms. The van der Waals surface area contributed by atoms with E-state index in [1.54, 1.807) is 43.0 Å². The molecule has 2 amide bonds. The molecule has 0 spiro atoms. The van der Waals surface area contributed by atoms with Crippen LogP contribution in [0.2, 0.25) is 5.02 Å². The molecule has 0 bridgehead atoms. The van der Waals surface area contributed by atoms with Crippen molar-refractivity contribution in [2.45, 2.75) is 40.5 Å². The van der Waals surface area contributed by atoms with Crippen LogP contribution in [-0.4, -0.2) is 29.8 Å². The summed E-state index contributed by atoms with van der Waals surface area (Å²) < 4.78 is 0. The highest BCUT2D eigenvalue weighted by Crippen LogP contribution is 2.23. The lowest BCUT2D eigenvalue weighted by atomic mass is 9.90. The summed E-state index contributed by atoms with van der Waals surface area (Å²) in [5.74, 6) is -0.465. The molecule has 0 aliphatic carbocycles. The van der Waals surface area contributed by atoms with Crippen LogP contribution in [0.3, 0.4) is 0 Å². The Hall–Kier alpha value is -1.55. The fourth-order valence-corrected chi connectivity index (χ4v) is 2.39. The third-order valence-corrected chi connectivity index (χ3v) is 3.69. The molecule has 0 aromatic heterocycles. The Bertz CT molecular complexity index is 523. The Morgan fingerprint density at radius 2 is 1.77 bits per heavy atom. The lowest BCUT2D eigenvalue weighted by Crippen LogP contribution is -2.47. The van der Waals surface area contributed by atoms with Gasteiger partial charge in [-0.15, -0.1) is 0 Å². The van der Waals surface area contributed by atoms with Crippen LogP contribution in [0.15, 0.2) is 24.3 Å². The summed E-state index contributed by atoms with van der Waals surface area (Å²) >= 11 is 5.91. The number of carbonyl (C=O) groups is 2. The average Bonchev–Trinajstić information content (AvgIpc) is 2.46. The van der Waals surface area contributed by atoms with Crippen molar-refractivity contribution in [2.24, 2.45) is 5.41 Å². The molecule has 4 nitrogen and oxygen atoms in total. The normalized spacial score (nSPS) is 11.1. The van der Waals surface area contributed by atoms with Gasteiger partial charge in [0, 0.05) is 23.8 Å². The van der Waals surface area contributed by atoms with Crippen molar-refractivity contribution in [1.29, 1.82) is 0 Å². The van der Waals surface area contributed by atoms with Crippen molar-refractivity contribution < 1.29 is 9.59 Å². The van der Waals surface area contributed by atoms with E-state index in [0.29, 0.717) is 23.8 Å². The highest BCUT2D eigenvalue weighted by molar-refractivity contribution is 6.31. The van der Waals surface area contributed by atoms with Crippen LogP contribution in [0.1, 0.15) is 40.5 Å². The average molecular weight is 325 g/mol. The lowest BCUT2D eigenvalue weighted by Gasteiger charge is -2.30. The molecule has 0 saturated carbocycles. The van der Waals surface area contributed by atoms with Gasteiger partial charge in [-0.05, 0) is 44.9 Å². The molecule has 1 aromatic carbocycles. The van der Waals surface area contributed by atoms with Crippen LogP contribution in [0.4, 0.5) is 5.69 Å². The quantitative estimate of drug-likeness (QED) is 0.772. The van der Waals surface area contributed by atoms with E-state index in [9.17, 15) is 9.59 Å². The first kappa shape index (κ1) is 18.5. The largest absolute Gasteiger partial charge is 0.342 e. The van der Waals surface area contributed by atoms with Crippen molar-refractivity contribution in [3.8, 4) is 0 Å². The minimum absolute atomic E-state index is 0.143. The van der Waals surface area contributed by atoms with E-state index < -0.39 is 5.41 Å². The number of hydrogen-bond acceptors (Lipinski definition) is 2. The van der Waals surface area contributed by atoms with Gasteiger partial charge in [-0.3, -0.25) is 9.59 Å². The molecule has 0 atom stereocenters. The van der Waals surface area contributed by atoms with Gasteiger partial charge >= 0.3 is 0 Å². The number of nitrogens with one attached hydrogen (secondary N) is 1. The van der Waals surface area contributed by atoms with Crippen molar-refractivity contribution >= 4 is 29.1 Å². The van der Waals surface area contributed by atoms with Crippen LogP contribution < -0.4 is 5.32 Å². The van der Waals surface area contributed by atoms with Crippen LogP contribution >= 0.6 is 11.6 Å². The topological polar surface area (TPSA) is 49.4 Å². The summed E-state index contributed by atoms with van der Waals surface area (Å²) in [5, 5.41) is 3.31. The number of anilines is 1. The molecule has 0 fully saturated rings. The van der Waals surface area contributed by atoms with Gasteiger partial charge in [0.2, 0.25) is 11.8 Å². The lowest BCUT2D eigenvalue weighted by molar-refractivity contribution is -0.146. The maximum Gasteiger partial charge on any atom is 0.239 e. The number of hydrogen-bond donors (Lipinski definition) is 1. The smallest absolute Gasteiger partial charge is 0.239 e. The molecule has 122 valence electrons. The highest BCUT2D eigenvalue weighted by Gasteiger charge is 2.38. The molecule has 0 unspecified atom stereocenters. The third-order valence-electron chi connectivity index (χ3n) is 3.46. The van der Waals surface area contributed by atoms with Gasteiger partial charge in [0.1, 0.15) is 5.41 Å². The molecule has 1 rings (SSSR count). The molecule has 1 N–H and O–H groups in total. The van der Waals surface area contributed by atoms with Crippen LogP contribution in [-0.2, 0) is 9.59 Å². The van der Waals surface area contributed by atoms with Gasteiger partial charge in [0.15, 0.2) is 0 Å². The van der Waals surface area contributed by atoms with E-state index >= 15 is 0 Å². The van der Waals surface area contributed by atoms with E-state index in [4.69, 9.17) is 11.6 Å². The first-order chi connectivity index (χ1) is 10.3. The van der Waals surface area contributed by atoms with Gasteiger partial charge < -0.3 is 10.2 Å². The van der Waals surface area contributed by atoms with Crippen LogP contribution in [0, 0.1) is 5.41 Å². The molecule has 0 aliphatic rings. The van der Waals surface area contributed by atoms with E-state index in [1.807, 2.05) is 13.8 Å². The Morgan fingerprint density at radius 3 is 2.27 bits per heavy atom. The first-order valence-corrected chi connectivity index (χ1v) is 8.07. The minimum Gasteiger partial charge on any atom is -0.342 e. The number of amides is 2. The van der Waals surface area contributed by atoms with Gasteiger partial charge in [-0.25, -0.2) is 0 Å².